The van der Waals surface area contributed by atoms with Crippen LogP contribution in [0.25, 0.3) is 0 Å². The SMILES string of the molecule is O=C1c2ccccc2N[C@H](c2ccc(O)c(Br)c2)N1Cc1ccco1. The maximum atomic E-state index is 13.1. The number of phenolic OH excluding ortho intramolecular Hbond substituents is 1. The van der Waals surface area contributed by atoms with Gasteiger partial charge in [0.2, 0.25) is 0 Å². The van der Waals surface area contributed by atoms with Crippen LogP contribution in [-0.4, -0.2) is 15.9 Å². The number of hydrogen-bond donors (Lipinski definition) is 2. The van der Waals surface area contributed by atoms with Gasteiger partial charge in [-0.2, -0.15) is 0 Å². The summed E-state index contributed by atoms with van der Waals surface area (Å²) < 4.78 is 6.01. The van der Waals surface area contributed by atoms with Crippen molar-refractivity contribution in [3.05, 3.63) is 82.2 Å². The molecule has 2 aromatic carbocycles. The molecular formula is C19H15BrN2O3. The lowest BCUT2D eigenvalue weighted by Crippen LogP contribution is -2.42. The number of aromatic hydroxyl groups is 1. The molecule has 0 spiro atoms. The molecule has 126 valence electrons. The Morgan fingerprint density at radius 2 is 2.00 bits per heavy atom. The largest absolute Gasteiger partial charge is 0.507 e. The fraction of sp³-hybridized carbons (Fsp3) is 0.105. The first-order valence-electron chi connectivity index (χ1n) is 7.81. The number of hydrogen-bond acceptors (Lipinski definition) is 4. The Kier molecular flexibility index (Phi) is 3.97. The van der Waals surface area contributed by atoms with E-state index in [1.807, 2.05) is 36.4 Å². The van der Waals surface area contributed by atoms with Gasteiger partial charge in [-0.25, -0.2) is 0 Å². The summed E-state index contributed by atoms with van der Waals surface area (Å²) in [5.74, 6) is 0.793. The summed E-state index contributed by atoms with van der Waals surface area (Å²) in [7, 11) is 0. The average molecular weight is 399 g/mol. The van der Waals surface area contributed by atoms with E-state index in [0.29, 0.717) is 22.3 Å². The molecule has 1 atom stereocenters. The highest BCUT2D eigenvalue weighted by molar-refractivity contribution is 9.10. The number of para-hydroxylation sites is 1. The van der Waals surface area contributed by atoms with E-state index in [1.165, 1.54) is 0 Å². The zero-order valence-corrected chi connectivity index (χ0v) is 14.7. The van der Waals surface area contributed by atoms with Gasteiger partial charge in [-0.15, -0.1) is 0 Å². The van der Waals surface area contributed by atoms with E-state index >= 15 is 0 Å². The number of amides is 1. The van der Waals surface area contributed by atoms with Crippen molar-refractivity contribution in [1.82, 2.24) is 4.90 Å². The number of carbonyl (C=O) groups excluding carboxylic acids is 1. The third-order valence-corrected chi connectivity index (χ3v) is 4.85. The molecular weight excluding hydrogens is 384 g/mol. The molecule has 0 aliphatic carbocycles. The molecule has 0 saturated carbocycles. The highest BCUT2D eigenvalue weighted by Crippen LogP contribution is 2.36. The molecule has 3 aromatic rings. The molecule has 5 nitrogen and oxygen atoms in total. The van der Waals surface area contributed by atoms with Crippen molar-refractivity contribution in [2.45, 2.75) is 12.7 Å². The summed E-state index contributed by atoms with van der Waals surface area (Å²) >= 11 is 3.34. The van der Waals surface area contributed by atoms with Crippen LogP contribution in [-0.2, 0) is 6.54 Å². The van der Waals surface area contributed by atoms with E-state index in [9.17, 15) is 9.90 Å². The Morgan fingerprint density at radius 1 is 1.16 bits per heavy atom. The number of carbonyl (C=O) groups is 1. The highest BCUT2D eigenvalue weighted by Gasteiger charge is 2.33. The number of phenols is 1. The second-order valence-corrected chi connectivity index (χ2v) is 6.67. The van der Waals surface area contributed by atoms with Crippen molar-refractivity contribution in [1.29, 1.82) is 0 Å². The van der Waals surface area contributed by atoms with E-state index in [0.717, 1.165) is 11.3 Å². The van der Waals surface area contributed by atoms with Gasteiger partial charge in [0.05, 0.1) is 22.8 Å². The topological polar surface area (TPSA) is 65.7 Å². The monoisotopic (exact) mass is 398 g/mol. The quantitative estimate of drug-likeness (QED) is 0.680. The predicted molar refractivity (Wildman–Crippen MR) is 97.2 cm³/mol. The van der Waals surface area contributed by atoms with Crippen LogP contribution in [0.4, 0.5) is 5.69 Å². The van der Waals surface area contributed by atoms with Crippen LogP contribution >= 0.6 is 15.9 Å². The van der Waals surface area contributed by atoms with Gasteiger partial charge in [0, 0.05) is 5.69 Å². The number of rotatable bonds is 3. The number of nitrogens with one attached hydrogen (secondary N) is 1. The van der Waals surface area contributed by atoms with Crippen LogP contribution in [0.15, 0.2) is 69.8 Å². The molecule has 6 heteroatoms. The third-order valence-electron chi connectivity index (χ3n) is 4.22. The summed E-state index contributed by atoms with van der Waals surface area (Å²) in [6.07, 6.45) is 1.22. The van der Waals surface area contributed by atoms with Gasteiger partial charge < -0.3 is 19.7 Å². The van der Waals surface area contributed by atoms with Crippen molar-refractivity contribution >= 4 is 27.5 Å². The molecule has 0 bridgehead atoms. The number of halogens is 1. The lowest BCUT2D eigenvalue weighted by atomic mass is 10.0. The van der Waals surface area contributed by atoms with E-state index in [-0.39, 0.29) is 17.8 Å². The van der Waals surface area contributed by atoms with Crippen LogP contribution < -0.4 is 5.32 Å². The fourth-order valence-corrected chi connectivity index (χ4v) is 3.38. The number of fused-ring (bicyclic) bond motifs is 1. The van der Waals surface area contributed by atoms with Crippen LogP contribution in [0, 0.1) is 0 Å². The number of benzene rings is 2. The first kappa shape index (κ1) is 15.8. The summed E-state index contributed by atoms with van der Waals surface area (Å²) in [6, 6.07) is 16.3. The predicted octanol–water partition coefficient (Wildman–Crippen LogP) is 4.51. The molecule has 4 rings (SSSR count). The minimum atomic E-state index is -0.371. The van der Waals surface area contributed by atoms with E-state index in [2.05, 4.69) is 21.2 Å². The Labute approximate surface area is 153 Å². The first-order chi connectivity index (χ1) is 12.1. The molecule has 0 saturated heterocycles. The molecule has 0 radical (unpaired) electrons. The van der Waals surface area contributed by atoms with Crippen molar-refractivity contribution in [2.24, 2.45) is 0 Å². The third kappa shape index (κ3) is 2.89. The maximum Gasteiger partial charge on any atom is 0.258 e. The molecule has 1 amide bonds. The first-order valence-corrected chi connectivity index (χ1v) is 8.60. The zero-order valence-electron chi connectivity index (χ0n) is 13.1. The van der Waals surface area contributed by atoms with Crippen molar-refractivity contribution in [3.63, 3.8) is 0 Å². The van der Waals surface area contributed by atoms with Gasteiger partial charge in [0.1, 0.15) is 17.7 Å². The standard InChI is InChI=1S/C19H15BrN2O3/c20-15-10-12(7-8-17(15)23)18-21-16-6-2-1-5-14(16)19(24)22(18)11-13-4-3-9-25-13/h1-10,18,21,23H,11H2/t18-/m0/s1. The lowest BCUT2D eigenvalue weighted by molar-refractivity contribution is 0.0651. The van der Waals surface area contributed by atoms with E-state index in [1.54, 1.807) is 29.4 Å². The second kappa shape index (κ2) is 6.29. The zero-order chi connectivity index (χ0) is 17.4. The fourth-order valence-electron chi connectivity index (χ4n) is 2.98. The minimum Gasteiger partial charge on any atom is -0.507 e. The summed E-state index contributed by atoms with van der Waals surface area (Å²) in [6.45, 7) is 0.344. The Bertz CT molecular complexity index is 924. The van der Waals surface area contributed by atoms with E-state index < -0.39 is 0 Å². The van der Waals surface area contributed by atoms with Crippen molar-refractivity contribution in [2.75, 3.05) is 5.32 Å². The highest BCUT2D eigenvalue weighted by atomic mass is 79.9. The molecule has 1 aromatic heterocycles. The van der Waals surface area contributed by atoms with Gasteiger partial charge >= 0.3 is 0 Å². The summed E-state index contributed by atoms with van der Waals surface area (Å²) in [4.78, 5) is 14.8. The Hall–Kier alpha value is -2.73. The van der Waals surface area contributed by atoms with Crippen LogP contribution in [0.1, 0.15) is 27.8 Å². The van der Waals surface area contributed by atoms with Crippen LogP contribution in [0.2, 0.25) is 0 Å². The van der Waals surface area contributed by atoms with Crippen LogP contribution in [0.3, 0.4) is 0 Å². The van der Waals surface area contributed by atoms with Gasteiger partial charge in [-0.3, -0.25) is 4.79 Å². The maximum absolute atomic E-state index is 13.1. The number of nitrogens with zero attached hydrogens (tertiary/aromatic N) is 1. The molecule has 1 aliphatic heterocycles. The number of anilines is 1. The minimum absolute atomic E-state index is 0.0695. The van der Waals surface area contributed by atoms with Crippen molar-refractivity contribution < 1.29 is 14.3 Å². The smallest absolute Gasteiger partial charge is 0.258 e. The molecule has 0 fully saturated rings. The average Bonchev–Trinajstić information content (AvgIpc) is 3.13. The second-order valence-electron chi connectivity index (χ2n) is 5.82. The molecule has 1 aliphatic rings. The molecule has 2 heterocycles. The normalized spacial score (nSPS) is 16.4. The lowest BCUT2D eigenvalue weighted by Gasteiger charge is -2.37. The Balaban J connectivity index is 1.78. The summed E-state index contributed by atoms with van der Waals surface area (Å²) in [5, 5.41) is 13.2. The van der Waals surface area contributed by atoms with Gasteiger partial charge in [0.15, 0.2) is 0 Å². The number of furan rings is 1. The van der Waals surface area contributed by atoms with Crippen molar-refractivity contribution in [3.8, 4) is 5.75 Å². The molecule has 25 heavy (non-hydrogen) atoms. The van der Waals surface area contributed by atoms with Gasteiger partial charge in [-0.05, 0) is 57.9 Å². The van der Waals surface area contributed by atoms with Gasteiger partial charge in [-0.1, -0.05) is 18.2 Å². The molecule has 2 N–H and O–H groups in total. The van der Waals surface area contributed by atoms with Crippen LogP contribution in [0.5, 0.6) is 5.75 Å². The Morgan fingerprint density at radius 3 is 2.76 bits per heavy atom. The molecule has 0 unspecified atom stereocenters. The van der Waals surface area contributed by atoms with E-state index in [4.69, 9.17) is 4.42 Å². The van der Waals surface area contributed by atoms with Gasteiger partial charge in [0.25, 0.3) is 5.91 Å². The summed E-state index contributed by atoms with van der Waals surface area (Å²) in [5.41, 5.74) is 2.28.